The van der Waals surface area contributed by atoms with Crippen molar-refractivity contribution in [3.8, 4) is 22.8 Å². The van der Waals surface area contributed by atoms with Crippen LogP contribution in [-0.2, 0) is 9.53 Å². The third kappa shape index (κ3) is 5.52. The summed E-state index contributed by atoms with van der Waals surface area (Å²) in [5, 5.41) is 11.4. The average molecular weight is 594 g/mol. The fraction of sp³-hybridized carbons (Fsp3) is 0.233. The highest BCUT2D eigenvalue weighted by Gasteiger charge is 2.35. The van der Waals surface area contributed by atoms with Crippen LogP contribution in [-0.4, -0.2) is 36.8 Å². The van der Waals surface area contributed by atoms with E-state index in [2.05, 4.69) is 4.99 Å². The van der Waals surface area contributed by atoms with Gasteiger partial charge in [0.05, 0.1) is 36.6 Å². The number of carbonyl (C=O) groups is 1. The van der Waals surface area contributed by atoms with E-state index in [1.165, 1.54) is 23.0 Å². The fourth-order valence-electron chi connectivity index (χ4n) is 4.77. The molecule has 11 nitrogen and oxygen atoms in total. The second-order valence-electron chi connectivity index (χ2n) is 9.30. The van der Waals surface area contributed by atoms with Crippen LogP contribution in [0.15, 0.2) is 74.0 Å². The molecule has 0 spiro atoms. The Morgan fingerprint density at radius 2 is 1.93 bits per heavy atom. The zero-order valence-corrected chi connectivity index (χ0v) is 24.5. The van der Waals surface area contributed by atoms with Crippen LogP contribution in [0.4, 0.5) is 5.69 Å². The highest BCUT2D eigenvalue weighted by atomic mass is 32.1. The van der Waals surface area contributed by atoms with Gasteiger partial charge >= 0.3 is 5.97 Å². The van der Waals surface area contributed by atoms with E-state index in [1.54, 1.807) is 63.4 Å². The number of esters is 1. The summed E-state index contributed by atoms with van der Waals surface area (Å²) < 4.78 is 24.3. The van der Waals surface area contributed by atoms with Crippen molar-refractivity contribution in [3.63, 3.8) is 0 Å². The fourth-order valence-corrected chi connectivity index (χ4v) is 5.80. The van der Waals surface area contributed by atoms with Gasteiger partial charge in [0, 0.05) is 28.8 Å². The van der Waals surface area contributed by atoms with Crippen LogP contribution in [0, 0.1) is 12.1 Å². The summed E-state index contributed by atoms with van der Waals surface area (Å²) in [7, 11) is 3.06. The minimum absolute atomic E-state index is 0. The van der Waals surface area contributed by atoms with Gasteiger partial charge in [-0.2, -0.15) is 0 Å². The molecule has 0 saturated carbocycles. The Labute approximate surface area is 244 Å². The molecule has 1 aliphatic heterocycles. The minimum atomic E-state index is -0.862. The van der Waals surface area contributed by atoms with Crippen LogP contribution in [0.3, 0.4) is 0 Å². The first-order chi connectivity index (χ1) is 19.8. The van der Waals surface area contributed by atoms with Crippen molar-refractivity contribution >= 4 is 29.1 Å². The van der Waals surface area contributed by atoms with E-state index in [0.717, 1.165) is 16.6 Å². The van der Waals surface area contributed by atoms with Gasteiger partial charge in [0.15, 0.2) is 4.80 Å². The average Bonchev–Trinajstić information content (AvgIpc) is 3.56. The minimum Gasteiger partial charge on any atom is -0.630 e. The van der Waals surface area contributed by atoms with Gasteiger partial charge in [-0.05, 0) is 51.1 Å². The molecule has 4 N–H and O–H groups in total. The van der Waals surface area contributed by atoms with Gasteiger partial charge in [-0.15, -0.1) is 0 Å². The summed E-state index contributed by atoms with van der Waals surface area (Å²) in [6.45, 7) is 5.47. The molecular weight excluding hydrogens is 562 g/mol. The van der Waals surface area contributed by atoms with Gasteiger partial charge in [0.2, 0.25) is 0 Å². The molecule has 5 rings (SSSR count). The van der Waals surface area contributed by atoms with Crippen LogP contribution in [0.25, 0.3) is 17.4 Å². The number of rotatable bonds is 8. The van der Waals surface area contributed by atoms with E-state index in [4.69, 9.17) is 18.6 Å². The summed E-state index contributed by atoms with van der Waals surface area (Å²) in [6, 6.07) is 13.4. The van der Waals surface area contributed by atoms with Gasteiger partial charge < -0.3 is 34.8 Å². The maximum atomic E-state index is 13.9. The first-order valence-corrected chi connectivity index (χ1v) is 13.7. The summed E-state index contributed by atoms with van der Waals surface area (Å²) in [5.41, 5.74) is 3.89. The van der Waals surface area contributed by atoms with Gasteiger partial charge in [-0.25, -0.2) is 9.79 Å². The Balaban J connectivity index is 0.00000405. The number of aromatic nitrogens is 1. The number of furan rings is 1. The van der Waals surface area contributed by atoms with E-state index in [-0.39, 0.29) is 23.2 Å². The summed E-state index contributed by atoms with van der Waals surface area (Å²) in [4.78, 5) is 32.2. The Morgan fingerprint density at radius 3 is 2.62 bits per heavy atom. The number of carbonyl (C=O) groups excluding carboxylic acids is 1. The van der Waals surface area contributed by atoms with Crippen LogP contribution in [0.2, 0.25) is 0 Å². The predicted octanol–water partition coefficient (Wildman–Crippen LogP) is 2.25. The van der Waals surface area contributed by atoms with Crippen LogP contribution < -0.4 is 29.8 Å². The maximum Gasteiger partial charge on any atom is 0.338 e. The lowest BCUT2D eigenvalue weighted by Gasteiger charge is -2.26. The van der Waals surface area contributed by atoms with Crippen LogP contribution in [0.5, 0.6) is 11.5 Å². The molecule has 0 amide bonds. The summed E-state index contributed by atoms with van der Waals surface area (Å²) >= 11 is 1.19. The van der Waals surface area contributed by atoms with Gasteiger partial charge in [-0.3, -0.25) is 9.36 Å². The van der Waals surface area contributed by atoms with Crippen molar-refractivity contribution in [2.75, 3.05) is 20.8 Å². The molecule has 3 heterocycles. The molecule has 0 aliphatic carbocycles. The number of fused-ring (bicyclic) bond motifs is 1. The lowest BCUT2D eigenvalue weighted by molar-refractivity contribution is -0.497. The highest BCUT2D eigenvalue weighted by Crippen LogP contribution is 2.38. The summed E-state index contributed by atoms with van der Waals surface area (Å²) in [5.74, 6) is 1.46. The van der Waals surface area contributed by atoms with E-state index in [9.17, 15) is 14.8 Å². The number of nitrogens with two attached hydrogens (primary N) is 1. The standard InChI is InChI=1S/C30H29N3O7S.H2O/c1-6-39-29(35)26-17(3)31-30-33(27(26)21-14-19(37-4)9-12-24(21)38-5)28(34)25(41-30)15-20-10-11-23(40-20)18-8-7-16(2)22(13-18)32-36;/h7-15,27H,6,32H2,1-5H3;1H2/b25-15-;. The molecule has 0 radical (unpaired) electrons. The normalized spacial score (nSPS) is 14.6. The number of benzene rings is 2. The number of quaternary nitrogens is 1. The number of aryl methyl sites for hydroxylation is 1. The molecule has 0 fully saturated rings. The number of methoxy groups -OCH3 is 2. The molecule has 0 bridgehead atoms. The van der Waals surface area contributed by atoms with E-state index >= 15 is 0 Å². The van der Waals surface area contributed by atoms with Crippen molar-refractivity contribution in [1.82, 2.24) is 4.57 Å². The molecule has 1 aliphatic rings. The van der Waals surface area contributed by atoms with Crippen LogP contribution in [0.1, 0.15) is 36.8 Å². The Hall–Kier alpha value is -4.49. The van der Waals surface area contributed by atoms with Crippen molar-refractivity contribution in [3.05, 3.63) is 102 Å². The lowest BCUT2D eigenvalue weighted by atomic mass is 9.95. The number of nitrogens with zero attached hydrogens (tertiary/aromatic N) is 2. The van der Waals surface area contributed by atoms with Gasteiger partial charge in [0.25, 0.3) is 5.56 Å². The van der Waals surface area contributed by atoms with Gasteiger partial charge in [0.1, 0.15) is 34.7 Å². The van der Waals surface area contributed by atoms with E-state index in [1.807, 2.05) is 19.1 Å². The monoisotopic (exact) mass is 593 g/mol. The molecule has 2 aromatic heterocycles. The molecular formula is C30H31N3O8S. The predicted molar refractivity (Wildman–Crippen MR) is 157 cm³/mol. The number of hydrogen-bond acceptors (Lipinski definition) is 9. The Morgan fingerprint density at radius 1 is 1.14 bits per heavy atom. The van der Waals surface area contributed by atoms with E-state index < -0.39 is 12.0 Å². The first kappa shape index (κ1) is 30.5. The zero-order chi connectivity index (χ0) is 29.3. The third-order valence-electron chi connectivity index (χ3n) is 6.84. The summed E-state index contributed by atoms with van der Waals surface area (Å²) in [6.07, 6.45) is 1.64. The Kier molecular flexibility index (Phi) is 9.12. The van der Waals surface area contributed by atoms with Crippen molar-refractivity contribution in [2.24, 2.45) is 4.99 Å². The highest BCUT2D eigenvalue weighted by molar-refractivity contribution is 7.07. The zero-order valence-electron chi connectivity index (χ0n) is 23.7. The number of allylic oxidation sites excluding steroid dienone is 1. The molecule has 1 atom stereocenters. The largest absolute Gasteiger partial charge is 0.630 e. The third-order valence-corrected chi connectivity index (χ3v) is 7.82. The lowest BCUT2D eigenvalue weighted by Crippen LogP contribution is -2.70. The number of ether oxygens (including phenoxy) is 3. The van der Waals surface area contributed by atoms with Gasteiger partial charge in [-0.1, -0.05) is 23.5 Å². The van der Waals surface area contributed by atoms with Crippen molar-refractivity contribution in [2.45, 2.75) is 26.8 Å². The van der Waals surface area contributed by atoms with Crippen LogP contribution >= 0.6 is 11.3 Å². The molecule has 1 unspecified atom stereocenters. The molecule has 42 heavy (non-hydrogen) atoms. The molecule has 0 saturated heterocycles. The SMILES string of the molecule is CCOC(=O)C1=C(C)N=c2s/c(=C\c3ccc(-c4ccc(C)c([NH2+][O-])c4)o3)c(=O)n2C1c1cc(OC)ccc1OC.O. The second kappa shape index (κ2) is 12.6. The smallest absolute Gasteiger partial charge is 0.338 e. The van der Waals surface area contributed by atoms with E-state index in [0.29, 0.717) is 49.3 Å². The number of hydrogen-bond donors (Lipinski definition) is 1. The number of thiazole rings is 1. The molecule has 4 aromatic rings. The molecule has 2 aromatic carbocycles. The van der Waals surface area contributed by atoms with Crippen molar-refractivity contribution < 1.29 is 34.4 Å². The second-order valence-corrected chi connectivity index (χ2v) is 10.3. The topological polar surface area (TPSA) is 163 Å². The molecule has 12 heteroatoms. The molecule has 220 valence electrons. The maximum absolute atomic E-state index is 13.9. The first-order valence-electron chi connectivity index (χ1n) is 12.9. The van der Waals surface area contributed by atoms with Crippen molar-refractivity contribution in [1.29, 1.82) is 0 Å². The Bertz CT molecular complexity index is 1850. The quantitative estimate of drug-likeness (QED) is 0.186.